The number of nitrogens with one attached hydrogen (secondary N) is 1. The zero-order valence-corrected chi connectivity index (χ0v) is 16.0. The zero-order chi connectivity index (χ0) is 19.4. The average Bonchev–Trinajstić information content (AvgIpc) is 3.01. The Morgan fingerprint density at radius 1 is 1.33 bits per heavy atom. The third-order valence-corrected chi connectivity index (χ3v) is 4.62. The third kappa shape index (κ3) is 4.72. The van der Waals surface area contributed by atoms with Crippen LogP contribution in [0.25, 0.3) is 10.9 Å². The molecule has 1 aromatic carbocycles. The molecular formula is C18H21ClN6O2. The van der Waals surface area contributed by atoms with E-state index in [-0.39, 0.29) is 5.82 Å². The van der Waals surface area contributed by atoms with E-state index in [2.05, 4.69) is 20.2 Å². The van der Waals surface area contributed by atoms with Gasteiger partial charge in [-0.2, -0.15) is 0 Å². The molecule has 0 saturated carbocycles. The van der Waals surface area contributed by atoms with Crippen molar-refractivity contribution >= 4 is 34.0 Å². The number of aromatic nitrogens is 3. The second-order valence-corrected chi connectivity index (χ2v) is 6.78. The minimum atomic E-state index is -0.469. The highest BCUT2D eigenvalue weighted by Gasteiger charge is 2.15. The van der Waals surface area contributed by atoms with Crippen molar-refractivity contribution in [3.05, 3.63) is 57.6 Å². The molecule has 0 aliphatic heterocycles. The molecule has 0 radical (unpaired) electrons. The van der Waals surface area contributed by atoms with Gasteiger partial charge in [0.25, 0.3) is 0 Å². The molecule has 9 heteroatoms. The van der Waals surface area contributed by atoms with Crippen LogP contribution in [0.15, 0.2) is 36.7 Å². The number of likely N-dealkylation sites (N-methyl/N-ethyl adjacent to an activating group) is 1. The molecule has 0 atom stereocenters. The maximum atomic E-state index is 10.8. The smallest absolute Gasteiger partial charge is 0.381 e. The van der Waals surface area contributed by atoms with E-state index >= 15 is 0 Å². The molecule has 0 bridgehead atoms. The molecule has 0 spiro atoms. The summed E-state index contributed by atoms with van der Waals surface area (Å²) in [4.78, 5) is 20.8. The second kappa shape index (κ2) is 8.32. The number of hydrogen-bond acceptors (Lipinski definition) is 6. The highest BCUT2D eigenvalue weighted by atomic mass is 35.5. The Kier molecular flexibility index (Phi) is 5.88. The first-order valence-electron chi connectivity index (χ1n) is 8.59. The number of hydrogen-bond donors (Lipinski definition) is 1. The highest BCUT2D eigenvalue weighted by molar-refractivity contribution is 6.31. The van der Waals surface area contributed by atoms with E-state index in [1.54, 1.807) is 13.1 Å². The van der Waals surface area contributed by atoms with Crippen molar-refractivity contribution in [3.63, 3.8) is 0 Å². The van der Waals surface area contributed by atoms with E-state index in [0.29, 0.717) is 17.4 Å². The minimum Gasteiger partial charge on any atom is -0.383 e. The van der Waals surface area contributed by atoms with Gasteiger partial charge < -0.3 is 24.9 Å². The maximum absolute atomic E-state index is 10.8. The first kappa shape index (κ1) is 19.1. The van der Waals surface area contributed by atoms with Gasteiger partial charge in [0.05, 0.1) is 5.52 Å². The summed E-state index contributed by atoms with van der Waals surface area (Å²) in [5, 5.41) is 15.9. The standard InChI is InChI=1S/C18H21ClN6O2/c1-13-22-18(25(26)27)12-24(13)10-9-23(2)8-7-21-16-5-6-20-17-11-14(19)3-4-15(16)17/h3-6,11-12H,7-10H2,1-2H3,(H,20,21). The summed E-state index contributed by atoms with van der Waals surface area (Å²) in [6, 6.07) is 7.62. The molecule has 0 fully saturated rings. The molecule has 8 nitrogen and oxygen atoms in total. The van der Waals surface area contributed by atoms with Crippen molar-refractivity contribution in [2.75, 3.05) is 32.0 Å². The molecule has 1 N–H and O–H groups in total. The fraction of sp³-hybridized carbons (Fsp3) is 0.333. The van der Waals surface area contributed by atoms with Crippen molar-refractivity contribution in [1.29, 1.82) is 0 Å². The number of halogens is 1. The van der Waals surface area contributed by atoms with Gasteiger partial charge in [0.2, 0.25) is 5.82 Å². The Labute approximate surface area is 161 Å². The van der Waals surface area contributed by atoms with E-state index in [4.69, 9.17) is 11.6 Å². The van der Waals surface area contributed by atoms with Gasteiger partial charge in [-0.1, -0.05) is 11.6 Å². The SMILES string of the molecule is Cc1nc([N+](=O)[O-])cn1CCN(C)CCNc1ccnc2cc(Cl)ccc12. The van der Waals surface area contributed by atoms with Gasteiger partial charge in [0, 0.05) is 55.4 Å². The van der Waals surface area contributed by atoms with E-state index < -0.39 is 4.92 Å². The fourth-order valence-corrected chi connectivity index (χ4v) is 3.02. The molecule has 142 valence electrons. The number of aryl methyl sites for hydroxylation is 1. The Morgan fingerprint density at radius 3 is 2.89 bits per heavy atom. The summed E-state index contributed by atoms with van der Waals surface area (Å²) in [6.07, 6.45) is 3.25. The number of rotatable bonds is 8. The topological polar surface area (TPSA) is 89.1 Å². The maximum Gasteiger partial charge on any atom is 0.381 e. The summed E-state index contributed by atoms with van der Waals surface area (Å²) in [5.41, 5.74) is 1.88. The summed E-state index contributed by atoms with van der Waals surface area (Å²) in [5.74, 6) is 0.539. The molecule has 2 heterocycles. The molecule has 2 aromatic heterocycles. The van der Waals surface area contributed by atoms with Gasteiger partial charge >= 0.3 is 5.82 Å². The van der Waals surface area contributed by atoms with Crippen LogP contribution in [-0.4, -0.2) is 51.0 Å². The molecule has 0 saturated heterocycles. The van der Waals surface area contributed by atoms with Gasteiger partial charge in [-0.05, 0) is 41.2 Å². The summed E-state index contributed by atoms with van der Waals surface area (Å²) < 4.78 is 1.81. The average molecular weight is 389 g/mol. The number of benzene rings is 1. The van der Waals surface area contributed by atoms with Crippen LogP contribution in [0.1, 0.15) is 5.82 Å². The number of fused-ring (bicyclic) bond motifs is 1. The second-order valence-electron chi connectivity index (χ2n) is 6.35. The van der Waals surface area contributed by atoms with Crippen LogP contribution in [0.3, 0.4) is 0 Å². The van der Waals surface area contributed by atoms with Crippen molar-refractivity contribution in [1.82, 2.24) is 19.4 Å². The molecular weight excluding hydrogens is 368 g/mol. The Balaban J connectivity index is 1.51. The monoisotopic (exact) mass is 388 g/mol. The van der Waals surface area contributed by atoms with E-state index in [1.165, 1.54) is 6.20 Å². The Morgan fingerprint density at radius 2 is 2.15 bits per heavy atom. The summed E-state index contributed by atoms with van der Waals surface area (Å²) in [6.45, 7) is 4.78. The van der Waals surface area contributed by atoms with Crippen LogP contribution in [-0.2, 0) is 6.54 Å². The predicted octanol–water partition coefficient (Wildman–Crippen LogP) is 3.35. The number of pyridine rings is 1. The lowest BCUT2D eigenvalue weighted by Crippen LogP contribution is -2.28. The van der Waals surface area contributed by atoms with Gasteiger partial charge in [0.15, 0.2) is 0 Å². The first-order valence-corrected chi connectivity index (χ1v) is 8.96. The largest absolute Gasteiger partial charge is 0.383 e. The zero-order valence-electron chi connectivity index (χ0n) is 15.2. The number of nitro groups is 1. The van der Waals surface area contributed by atoms with Crippen molar-refractivity contribution in [2.45, 2.75) is 13.5 Å². The number of nitrogens with zero attached hydrogens (tertiary/aromatic N) is 5. The molecule has 3 aromatic rings. The van der Waals surface area contributed by atoms with Crippen molar-refractivity contribution in [2.24, 2.45) is 0 Å². The van der Waals surface area contributed by atoms with Gasteiger partial charge in [-0.25, -0.2) is 0 Å². The first-order chi connectivity index (χ1) is 12.9. The highest BCUT2D eigenvalue weighted by Crippen LogP contribution is 2.24. The van der Waals surface area contributed by atoms with Crippen LogP contribution in [0.4, 0.5) is 11.5 Å². The lowest BCUT2D eigenvalue weighted by Gasteiger charge is -2.18. The quantitative estimate of drug-likeness (QED) is 0.470. The molecule has 0 aliphatic carbocycles. The van der Waals surface area contributed by atoms with Crippen LogP contribution < -0.4 is 5.32 Å². The molecule has 0 aliphatic rings. The van der Waals surface area contributed by atoms with Crippen LogP contribution in [0.2, 0.25) is 5.02 Å². The molecule has 27 heavy (non-hydrogen) atoms. The minimum absolute atomic E-state index is 0.110. The van der Waals surface area contributed by atoms with E-state index in [0.717, 1.165) is 36.2 Å². The summed E-state index contributed by atoms with van der Waals surface area (Å²) in [7, 11) is 2.02. The van der Waals surface area contributed by atoms with E-state index in [1.807, 2.05) is 35.9 Å². The van der Waals surface area contributed by atoms with Crippen LogP contribution in [0, 0.1) is 17.0 Å². The van der Waals surface area contributed by atoms with Gasteiger partial charge in [-0.3, -0.25) is 4.98 Å². The number of anilines is 1. The molecule has 0 unspecified atom stereocenters. The lowest BCUT2D eigenvalue weighted by atomic mass is 10.2. The van der Waals surface area contributed by atoms with E-state index in [9.17, 15) is 10.1 Å². The third-order valence-electron chi connectivity index (χ3n) is 4.39. The van der Waals surface area contributed by atoms with Crippen molar-refractivity contribution in [3.8, 4) is 0 Å². The molecule has 3 rings (SSSR count). The summed E-state index contributed by atoms with van der Waals surface area (Å²) >= 11 is 6.02. The Bertz CT molecular complexity index is 958. The van der Waals surface area contributed by atoms with Crippen LogP contribution >= 0.6 is 11.6 Å². The number of imidazole rings is 1. The van der Waals surface area contributed by atoms with Crippen LogP contribution in [0.5, 0.6) is 0 Å². The van der Waals surface area contributed by atoms with Crippen molar-refractivity contribution < 1.29 is 4.92 Å². The van der Waals surface area contributed by atoms with Gasteiger partial charge in [0.1, 0.15) is 6.20 Å². The molecule has 0 amide bonds. The Hall–Kier alpha value is -2.71. The van der Waals surface area contributed by atoms with Gasteiger partial charge in [-0.15, -0.1) is 0 Å². The normalized spacial score (nSPS) is 11.3. The fourth-order valence-electron chi connectivity index (χ4n) is 2.85. The lowest BCUT2D eigenvalue weighted by molar-refractivity contribution is -0.389. The predicted molar refractivity (Wildman–Crippen MR) is 106 cm³/mol.